The molecule has 88 valence electrons. The minimum atomic E-state index is -0.397. The molecule has 0 bridgehead atoms. The molecule has 2 rings (SSSR count). The Morgan fingerprint density at radius 1 is 1.69 bits per heavy atom. The van der Waals surface area contributed by atoms with Crippen LogP contribution in [0.25, 0.3) is 0 Å². The Morgan fingerprint density at radius 3 is 3.12 bits per heavy atom. The summed E-state index contributed by atoms with van der Waals surface area (Å²) in [5, 5.41) is 3.24. The molecule has 4 nitrogen and oxygen atoms in total. The lowest BCUT2D eigenvalue weighted by molar-refractivity contribution is 0.0564. The van der Waals surface area contributed by atoms with E-state index in [0.29, 0.717) is 5.76 Å². The first kappa shape index (κ1) is 11.5. The molecule has 0 spiro atoms. The van der Waals surface area contributed by atoms with Gasteiger partial charge in [-0.25, -0.2) is 4.79 Å². The molecule has 1 N–H and O–H groups in total. The van der Waals surface area contributed by atoms with Crippen LogP contribution in [0.4, 0.5) is 0 Å². The second-order valence-electron chi connectivity index (χ2n) is 3.81. The predicted octanol–water partition coefficient (Wildman–Crippen LogP) is 1.52. The minimum Gasteiger partial charge on any atom is -0.463 e. The fraction of sp³-hybridized carbons (Fsp3) is 0.545. The van der Waals surface area contributed by atoms with Crippen LogP contribution in [0.2, 0.25) is 0 Å². The molecule has 1 fully saturated rings. The van der Waals surface area contributed by atoms with Gasteiger partial charge in [-0.05, 0) is 30.8 Å². The molecule has 5 heteroatoms. The Labute approximate surface area is 98.7 Å². The fourth-order valence-electron chi connectivity index (χ4n) is 1.52. The molecule has 16 heavy (non-hydrogen) atoms. The number of hydrogen-bond donors (Lipinski definition) is 1. The summed E-state index contributed by atoms with van der Waals surface area (Å²) in [5.74, 6) is 2.64. The zero-order valence-electron chi connectivity index (χ0n) is 9.19. The number of nitrogens with one attached hydrogen (secondary N) is 1. The van der Waals surface area contributed by atoms with Crippen molar-refractivity contribution in [2.24, 2.45) is 5.92 Å². The van der Waals surface area contributed by atoms with E-state index < -0.39 is 5.97 Å². The average Bonchev–Trinajstić information content (AvgIpc) is 2.69. The summed E-state index contributed by atoms with van der Waals surface area (Å²) in [4.78, 5) is 11.3. The molecule has 0 unspecified atom stereocenters. The van der Waals surface area contributed by atoms with E-state index in [9.17, 15) is 4.79 Å². The van der Waals surface area contributed by atoms with Crippen LogP contribution in [0, 0.1) is 5.92 Å². The largest absolute Gasteiger partial charge is 0.463 e. The van der Waals surface area contributed by atoms with Crippen LogP contribution in [0.15, 0.2) is 16.7 Å². The van der Waals surface area contributed by atoms with E-state index in [1.165, 1.54) is 13.4 Å². The highest BCUT2D eigenvalue weighted by Crippen LogP contribution is 2.21. The van der Waals surface area contributed by atoms with Gasteiger partial charge in [-0.15, -0.1) is 0 Å². The van der Waals surface area contributed by atoms with Crippen molar-refractivity contribution in [2.75, 3.05) is 26.0 Å². The monoisotopic (exact) mass is 241 g/mol. The molecule has 1 saturated heterocycles. The molecular formula is C11H15NO3S. The zero-order valence-corrected chi connectivity index (χ0v) is 10.0. The number of methoxy groups -OCH3 is 1. The molecule has 1 aliphatic rings. The van der Waals surface area contributed by atoms with Gasteiger partial charge in [0, 0.05) is 11.3 Å². The summed E-state index contributed by atoms with van der Waals surface area (Å²) in [6, 6.07) is 1.83. The smallest absolute Gasteiger partial charge is 0.374 e. The van der Waals surface area contributed by atoms with Gasteiger partial charge >= 0.3 is 5.97 Å². The van der Waals surface area contributed by atoms with E-state index in [1.54, 1.807) is 0 Å². The summed E-state index contributed by atoms with van der Waals surface area (Å²) in [5.41, 5.74) is 0.920. The Hall–Kier alpha value is -0.940. The van der Waals surface area contributed by atoms with Crippen molar-refractivity contribution in [2.45, 2.75) is 5.75 Å². The summed E-state index contributed by atoms with van der Waals surface area (Å²) in [6.45, 7) is 2.23. The van der Waals surface area contributed by atoms with Gasteiger partial charge in [0.2, 0.25) is 5.76 Å². The number of rotatable bonds is 5. The molecule has 0 aliphatic carbocycles. The highest BCUT2D eigenvalue weighted by molar-refractivity contribution is 7.98. The van der Waals surface area contributed by atoms with Gasteiger partial charge in [0.15, 0.2) is 0 Å². The maximum Gasteiger partial charge on any atom is 0.374 e. The molecule has 0 amide bonds. The molecule has 2 heterocycles. The molecule has 1 aromatic heterocycles. The molecule has 0 atom stereocenters. The summed E-state index contributed by atoms with van der Waals surface area (Å²) in [6.07, 6.45) is 1.53. The molecule has 1 aliphatic heterocycles. The van der Waals surface area contributed by atoms with Gasteiger partial charge in [0.1, 0.15) is 0 Å². The number of carbonyl (C=O) groups excluding carboxylic acids is 1. The first-order valence-electron chi connectivity index (χ1n) is 5.24. The SMILES string of the molecule is COC(=O)c1occc1CSCC1CNC1. The van der Waals surface area contributed by atoms with Crippen LogP contribution in [-0.2, 0) is 10.5 Å². The standard InChI is InChI=1S/C11H15NO3S/c1-14-11(13)10-9(2-3-15-10)7-16-6-8-4-12-5-8/h2-3,8,12H,4-7H2,1H3. The summed E-state index contributed by atoms with van der Waals surface area (Å²) in [7, 11) is 1.36. The van der Waals surface area contributed by atoms with Crippen molar-refractivity contribution in [3.8, 4) is 0 Å². The quantitative estimate of drug-likeness (QED) is 0.792. The van der Waals surface area contributed by atoms with Gasteiger partial charge in [-0.2, -0.15) is 11.8 Å². The first-order valence-corrected chi connectivity index (χ1v) is 6.40. The maximum atomic E-state index is 11.3. The van der Waals surface area contributed by atoms with Crippen molar-refractivity contribution in [1.82, 2.24) is 5.32 Å². The van der Waals surface area contributed by atoms with Crippen molar-refractivity contribution in [3.05, 3.63) is 23.7 Å². The summed E-state index contributed by atoms with van der Waals surface area (Å²) >= 11 is 1.83. The normalized spacial score (nSPS) is 15.8. The van der Waals surface area contributed by atoms with Gasteiger partial charge in [0.05, 0.1) is 13.4 Å². The molecule has 1 aromatic rings. The van der Waals surface area contributed by atoms with Crippen molar-refractivity contribution in [3.63, 3.8) is 0 Å². The van der Waals surface area contributed by atoms with Gasteiger partial charge in [0.25, 0.3) is 0 Å². The third kappa shape index (κ3) is 2.59. The van der Waals surface area contributed by atoms with E-state index in [0.717, 1.165) is 36.1 Å². The maximum absolute atomic E-state index is 11.3. The van der Waals surface area contributed by atoms with Crippen LogP contribution < -0.4 is 5.32 Å². The highest BCUT2D eigenvalue weighted by Gasteiger charge is 2.18. The van der Waals surface area contributed by atoms with Gasteiger partial charge in [-0.3, -0.25) is 0 Å². The van der Waals surface area contributed by atoms with Gasteiger partial charge in [-0.1, -0.05) is 0 Å². The van der Waals surface area contributed by atoms with Crippen LogP contribution in [0.3, 0.4) is 0 Å². The third-order valence-corrected chi connectivity index (χ3v) is 3.82. The van der Waals surface area contributed by atoms with Crippen molar-refractivity contribution >= 4 is 17.7 Å². The molecule has 0 saturated carbocycles. The molecular weight excluding hydrogens is 226 g/mol. The van der Waals surface area contributed by atoms with Crippen LogP contribution in [0.5, 0.6) is 0 Å². The Morgan fingerprint density at radius 2 is 2.50 bits per heavy atom. The van der Waals surface area contributed by atoms with Crippen LogP contribution in [0.1, 0.15) is 16.1 Å². The number of carbonyl (C=O) groups is 1. The van der Waals surface area contributed by atoms with Crippen molar-refractivity contribution < 1.29 is 13.9 Å². The lowest BCUT2D eigenvalue weighted by Gasteiger charge is -2.26. The van der Waals surface area contributed by atoms with Crippen LogP contribution in [-0.4, -0.2) is 31.9 Å². The Bertz CT molecular complexity index is 360. The fourth-order valence-corrected chi connectivity index (χ4v) is 2.66. The van der Waals surface area contributed by atoms with Crippen LogP contribution >= 0.6 is 11.8 Å². The molecule has 0 radical (unpaired) electrons. The van der Waals surface area contributed by atoms with Gasteiger partial charge < -0.3 is 14.5 Å². The number of esters is 1. The zero-order chi connectivity index (χ0) is 11.4. The van der Waals surface area contributed by atoms with E-state index >= 15 is 0 Å². The Balaban J connectivity index is 1.83. The lowest BCUT2D eigenvalue weighted by Crippen LogP contribution is -2.43. The number of furan rings is 1. The Kier molecular flexibility index (Phi) is 3.90. The highest BCUT2D eigenvalue weighted by atomic mass is 32.2. The second kappa shape index (κ2) is 5.41. The topological polar surface area (TPSA) is 51.5 Å². The van der Waals surface area contributed by atoms with Crippen molar-refractivity contribution in [1.29, 1.82) is 0 Å². The second-order valence-corrected chi connectivity index (χ2v) is 4.84. The van der Waals surface area contributed by atoms with E-state index in [1.807, 2.05) is 17.8 Å². The average molecular weight is 241 g/mol. The predicted molar refractivity (Wildman–Crippen MR) is 62.6 cm³/mol. The third-order valence-electron chi connectivity index (χ3n) is 2.59. The number of hydrogen-bond acceptors (Lipinski definition) is 5. The number of ether oxygens (including phenoxy) is 1. The lowest BCUT2D eigenvalue weighted by atomic mass is 10.1. The minimum absolute atomic E-state index is 0.335. The van der Waals surface area contributed by atoms with E-state index in [4.69, 9.17) is 4.42 Å². The van der Waals surface area contributed by atoms with E-state index in [-0.39, 0.29) is 0 Å². The number of thioether (sulfide) groups is 1. The van der Waals surface area contributed by atoms with E-state index in [2.05, 4.69) is 10.1 Å². The first-order chi connectivity index (χ1) is 7.81. The molecule has 0 aromatic carbocycles. The summed E-state index contributed by atoms with van der Waals surface area (Å²) < 4.78 is 9.76.